The summed E-state index contributed by atoms with van der Waals surface area (Å²) in [6.07, 6.45) is 3.91. The van der Waals surface area contributed by atoms with E-state index in [0.29, 0.717) is 10.9 Å². The predicted octanol–water partition coefficient (Wildman–Crippen LogP) is 5.68. The van der Waals surface area contributed by atoms with E-state index in [-0.39, 0.29) is 12.1 Å². The van der Waals surface area contributed by atoms with Gasteiger partial charge in [-0.2, -0.15) is 0 Å². The normalized spacial score (nSPS) is 17.4. The largest absolute Gasteiger partial charge is 0.497 e. The van der Waals surface area contributed by atoms with E-state index in [0.717, 1.165) is 28.5 Å². The van der Waals surface area contributed by atoms with Crippen LogP contribution in [0.15, 0.2) is 79.1 Å². The number of nitrogens with one attached hydrogen (secondary N) is 1. The van der Waals surface area contributed by atoms with Crippen LogP contribution in [-0.2, 0) is 0 Å². The molecule has 2 atom stereocenters. The van der Waals surface area contributed by atoms with E-state index in [1.54, 1.807) is 14.2 Å². The SMILES string of the molecule is COc1ccc(N2C(=S)N[C@H](c3ccccn3)[C@H]2c2cccn2-c2ccc(C)c(C)c2)c(OC)c1. The van der Waals surface area contributed by atoms with Gasteiger partial charge in [0.1, 0.15) is 17.5 Å². The maximum atomic E-state index is 5.91. The molecule has 1 aliphatic rings. The van der Waals surface area contributed by atoms with Gasteiger partial charge in [0.05, 0.1) is 31.6 Å². The number of pyridine rings is 1. The van der Waals surface area contributed by atoms with E-state index in [4.69, 9.17) is 21.7 Å². The lowest BCUT2D eigenvalue weighted by molar-refractivity contribution is 0.394. The Morgan fingerprint density at radius 2 is 1.77 bits per heavy atom. The predicted molar refractivity (Wildman–Crippen MR) is 143 cm³/mol. The summed E-state index contributed by atoms with van der Waals surface area (Å²) in [6.45, 7) is 4.27. The molecule has 6 nitrogen and oxygen atoms in total. The zero-order valence-electron chi connectivity index (χ0n) is 20.2. The van der Waals surface area contributed by atoms with Gasteiger partial charge in [-0.25, -0.2) is 0 Å². The van der Waals surface area contributed by atoms with Crippen LogP contribution in [-0.4, -0.2) is 28.9 Å². The molecule has 1 N–H and O–H groups in total. The molecule has 0 saturated carbocycles. The van der Waals surface area contributed by atoms with Crippen LogP contribution in [0, 0.1) is 13.8 Å². The van der Waals surface area contributed by atoms with Crippen molar-refractivity contribution in [3.8, 4) is 17.2 Å². The lowest BCUT2D eigenvalue weighted by Crippen LogP contribution is -2.30. The number of aromatic nitrogens is 2. The monoisotopic (exact) mass is 484 g/mol. The summed E-state index contributed by atoms with van der Waals surface area (Å²) >= 11 is 5.91. The zero-order valence-corrected chi connectivity index (χ0v) is 21.0. The first-order valence-corrected chi connectivity index (χ1v) is 11.9. The van der Waals surface area contributed by atoms with Gasteiger partial charge in [-0.3, -0.25) is 4.98 Å². The second kappa shape index (κ2) is 9.43. The molecule has 2 aromatic heterocycles. The zero-order chi connectivity index (χ0) is 24.5. The number of hydrogen-bond donors (Lipinski definition) is 1. The fourth-order valence-electron chi connectivity index (χ4n) is 4.64. The van der Waals surface area contributed by atoms with Gasteiger partial charge in [-0.1, -0.05) is 12.1 Å². The van der Waals surface area contributed by atoms with Gasteiger partial charge in [0, 0.05) is 29.8 Å². The van der Waals surface area contributed by atoms with Crippen molar-refractivity contribution in [2.75, 3.05) is 19.1 Å². The Hall–Kier alpha value is -3.84. The van der Waals surface area contributed by atoms with Crippen LogP contribution in [0.4, 0.5) is 5.69 Å². The Balaban J connectivity index is 1.69. The van der Waals surface area contributed by atoms with Gasteiger partial charge < -0.3 is 24.3 Å². The molecule has 1 aliphatic heterocycles. The van der Waals surface area contributed by atoms with Crippen molar-refractivity contribution in [3.05, 3.63) is 102 Å². The fraction of sp³-hybridized carbons (Fsp3) is 0.214. The van der Waals surface area contributed by atoms with Gasteiger partial charge in [0.25, 0.3) is 0 Å². The lowest BCUT2D eigenvalue weighted by atomic mass is 10.00. The summed E-state index contributed by atoms with van der Waals surface area (Å²) in [5.41, 5.74) is 6.49. The smallest absolute Gasteiger partial charge is 0.174 e. The molecule has 1 fully saturated rings. The Morgan fingerprint density at radius 3 is 2.49 bits per heavy atom. The number of nitrogens with zero attached hydrogens (tertiary/aromatic N) is 3. The van der Waals surface area contributed by atoms with Crippen molar-refractivity contribution >= 4 is 23.0 Å². The third-order valence-electron chi connectivity index (χ3n) is 6.60. The standard InChI is InChI=1S/C28H28N4O2S/c1-18-10-11-20(16-19(18)2)31-15-7-9-24(31)27-26(22-8-5-6-14-29-22)30-28(35)32(27)23-13-12-21(33-3)17-25(23)34-4/h5-17,26-27H,1-4H3,(H,30,35)/t26-,27-/m1/s1. The number of methoxy groups -OCH3 is 2. The van der Waals surface area contributed by atoms with Crippen LogP contribution in [0.3, 0.4) is 0 Å². The molecule has 0 amide bonds. The van der Waals surface area contributed by atoms with Gasteiger partial charge in [-0.05, 0) is 85.7 Å². The highest BCUT2D eigenvalue weighted by Crippen LogP contribution is 2.45. The van der Waals surface area contributed by atoms with Gasteiger partial charge in [0.15, 0.2) is 5.11 Å². The molecule has 5 rings (SSSR count). The third kappa shape index (κ3) is 4.12. The van der Waals surface area contributed by atoms with Gasteiger partial charge in [0.2, 0.25) is 0 Å². The molecule has 0 bridgehead atoms. The summed E-state index contributed by atoms with van der Waals surface area (Å²) in [5, 5.41) is 4.14. The number of hydrogen-bond acceptors (Lipinski definition) is 4. The number of benzene rings is 2. The molecule has 4 aromatic rings. The van der Waals surface area contributed by atoms with E-state index >= 15 is 0 Å². The molecule has 7 heteroatoms. The van der Waals surface area contributed by atoms with Crippen molar-refractivity contribution in [1.82, 2.24) is 14.9 Å². The van der Waals surface area contributed by atoms with Gasteiger partial charge in [-0.15, -0.1) is 0 Å². The van der Waals surface area contributed by atoms with Crippen molar-refractivity contribution in [1.29, 1.82) is 0 Å². The molecule has 0 radical (unpaired) electrons. The van der Waals surface area contributed by atoms with Gasteiger partial charge >= 0.3 is 0 Å². The minimum absolute atomic E-state index is 0.157. The quantitative estimate of drug-likeness (QED) is 0.355. The molecule has 0 spiro atoms. The summed E-state index contributed by atoms with van der Waals surface area (Å²) in [5.74, 6) is 1.41. The minimum atomic E-state index is -0.170. The molecule has 2 aromatic carbocycles. The van der Waals surface area contributed by atoms with Crippen molar-refractivity contribution < 1.29 is 9.47 Å². The Labute approximate surface area is 211 Å². The number of rotatable bonds is 6. The second-order valence-electron chi connectivity index (χ2n) is 8.61. The molecule has 0 unspecified atom stereocenters. The van der Waals surface area contributed by atoms with Crippen molar-refractivity contribution in [3.63, 3.8) is 0 Å². The van der Waals surface area contributed by atoms with E-state index in [9.17, 15) is 0 Å². The summed E-state index contributed by atoms with van der Waals surface area (Å²) < 4.78 is 13.4. The minimum Gasteiger partial charge on any atom is -0.497 e. The van der Waals surface area contributed by atoms with Crippen LogP contribution in [0.2, 0.25) is 0 Å². The molecular formula is C28H28N4O2S. The van der Waals surface area contributed by atoms with Crippen LogP contribution >= 0.6 is 12.2 Å². The molecular weight excluding hydrogens is 456 g/mol. The van der Waals surface area contributed by atoms with Crippen LogP contribution in [0.1, 0.15) is 34.6 Å². The molecule has 35 heavy (non-hydrogen) atoms. The lowest BCUT2D eigenvalue weighted by Gasteiger charge is -2.30. The van der Waals surface area contributed by atoms with Crippen LogP contribution in [0.5, 0.6) is 11.5 Å². The summed E-state index contributed by atoms with van der Waals surface area (Å²) in [6, 6.07) is 22.2. The molecule has 178 valence electrons. The number of ether oxygens (including phenoxy) is 2. The number of anilines is 1. The molecule has 0 aliphatic carbocycles. The highest BCUT2D eigenvalue weighted by molar-refractivity contribution is 7.80. The van der Waals surface area contributed by atoms with E-state index in [1.165, 1.54) is 11.1 Å². The van der Waals surface area contributed by atoms with E-state index in [1.807, 2.05) is 42.6 Å². The number of aryl methyl sites for hydroxylation is 2. The number of thiocarbonyl (C=S) groups is 1. The molecule has 1 saturated heterocycles. The average molecular weight is 485 g/mol. The van der Waals surface area contributed by atoms with E-state index < -0.39 is 0 Å². The Kier molecular flexibility index (Phi) is 6.17. The first-order valence-electron chi connectivity index (χ1n) is 11.5. The highest BCUT2D eigenvalue weighted by atomic mass is 32.1. The van der Waals surface area contributed by atoms with E-state index in [2.05, 4.69) is 70.1 Å². The maximum Gasteiger partial charge on any atom is 0.174 e. The van der Waals surface area contributed by atoms with Crippen LogP contribution in [0.25, 0.3) is 5.69 Å². The summed E-state index contributed by atoms with van der Waals surface area (Å²) in [4.78, 5) is 6.80. The van der Waals surface area contributed by atoms with Crippen molar-refractivity contribution in [2.45, 2.75) is 25.9 Å². The molecule has 3 heterocycles. The average Bonchev–Trinajstić information content (AvgIpc) is 3.50. The topological polar surface area (TPSA) is 51.5 Å². The third-order valence-corrected chi connectivity index (χ3v) is 6.91. The Bertz CT molecular complexity index is 1370. The second-order valence-corrected chi connectivity index (χ2v) is 8.99. The highest BCUT2D eigenvalue weighted by Gasteiger charge is 2.43. The Morgan fingerprint density at radius 1 is 0.914 bits per heavy atom. The first kappa shape index (κ1) is 22.9. The maximum absolute atomic E-state index is 5.91. The fourth-order valence-corrected chi connectivity index (χ4v) is 4.98. The van der Waals surface area contributed by atoms with Crippen LogP contribution < -0.4 is 19.7 Å². The summed E-state index contributed by atoms with van der Waals surface area (Å²) in [7, 11) is 3.31. The first-order chi connectivity index (χ1) is 17.0. The van der Waals surface area contributed by atoms with Crippen molar-refractivity contribution in [2.24, 2.45) is 0 Å².